The lowest BCUT2D eigenvalue weighted by molar-refractivity contribution is 0.0687. The minimum atomic E-state index is -3.64. The van der Waals surface area contributed by atoms with Gasteiger partial charge < -0.3 is 9.67 Å². The first-order valence-electron chi connectivity index (χ1n) is 9.89. The number of carboxylic acids is 1. The molecule has 2 N–H and O–H groups in total. The standard InChI is InChI=1S/C23H22ClN3O4S/c1-3-20-19(14-25)21(22(23(28)29)27(20)2)16-6-4-15(5-7-16)12-13-26-32(30,31)18-10-8-17(24)9-11-18/h4-11,26H,3,12-13H2,1-2H3,(H,28,29). The number of aromatic nitrogens is 1. The molecule has 0 fully saturated rings. The van der Waals surface area contributed by atoms with Crippen LogP contribution in [0.25, 0.3) is 11.1 Å². The molecule has 0 radical (unpaired) electrons. The molecular formula is C23H22ClN3O4S. The molecule has 2 aromatic carbocycles. The number of nitrogens with zero attached hydrogens (tertiary/aromatic N) is 2. The van der Waals surface area contributed by atoms with Crippen LogP contribution in [-0.2, 0) is 29.9 Å². The molecule has 1 heterocycles. The first-order valence-corrected chi connectivity index (χ1v) is 11.7. The Labute approximate surface area is 191 Å². The molecular weight excluding hydrogens is 450 g/mol. The van der Waals surface area contributed by atoms with Gasteiger partial charge in [0.25, 0.3) is 0 Å². The molecule has 0 unspecified atom stereocenters. The Morgan fingerprint density at radius 1 is 1.16 bits per heavy atom. The van der Waals surface area contributed by atoms with E-state index in [1.165, 1.54) is 24.3 Å². The third-order valence-electron chi connectivity index (χ3n) is 5.24. The summed E-state index contributed by atoms with van der Waals surface area (Å²) in [7, 11) is -1.99. The highest BCUT2D eigenvalue weighted by atomic mass is 35.5. The molecule has 3 rings (SSSR count). The lowest BCUT2D eigenvalue weighted by Crippen LogP contribution is -2.25. The highest BCUT2D eigenvalue weighted by Crippen LogP contribution is 2.32. The highest BCUT2D eigenvalue weighted by molar-refractivity contribution is 7.89. The van der Waals surface area contributed by atoms with Gasteiger partial charge >= 0.3 is 5.97 Å². The van der Waals surface area contributed by atoms with Crippen LogP contribution in [0.4, 0.5) is 0 Å². The molecule has 0 saturated heterocycles. The molecule has 7 nitrogen and oxygen atoms in total. The van der Waals surface area contributed by atoms with Crippen molar-refractivity contribution in [3.05, 3.63) is 76.1 Å². The fourth-order valence-corrected chi connectivity index (χ4v) is 4.82. The van der Waals surface area contributed by atoms with E-state index in [0.29, 0.717) is 40.2 Å². The molecule has 0 aliphatic carbocycles. The lowest BCUT2D eigenvalue weighted by atomic mass is 9.98. The van der Waals surface area contributed by atoms with Crippen molar-refractivity contribution >= 4 is 27.6 Å². The van der Waals surface area contributed by atoms with E-state index in [1.807, 2.05) is 6.92 Å². The number of nitriles is 1. The highest BCUT2D eigenvalue weighted by Gasteiger charge is 2.25. The number of benzene rings is 2. The Kier molecular flexibility index (Phi) is 7.04. The monoisotopic (exact) mass is 471 g/mol. The molecule has 0 atom stereocenters. The van der Waals surface area contributed by atoms with Gasteiger partial charge in [-0.25, -0.2) is 17.9 Å². The molecule has 0 amide bonds. The van der Waals surface area contributed by atoms with Gasteiger partial charge in [-0.1, -0.05) is 42.8 Å². The average molecular weight is 472 g/mol. The number of hydrogen-bond acceptors (Lipinski definition) is 4. The van der Waals surface area contributed by atoms with Crippen LogP contribution in [0.15, 0.2) is 53.4 Å². The molecule has 1 aromatic heterocycles. The zero-order valence-corrected chi connectivity index (χ0v) is 19.2. The number of halogens is 1. The Morgan fingerprint density at radius 2 is 1.78 bits per heavy atom. The first kappa shape index (κ1) is 23.5. The summed E-state index contributed by atoms with van der Waals surface area (Å²) in [5, 5.41) is 19.8. The summed E-state index contributed by atoms with van der Waals surface area (Å²) in [5.74, 6) is -1.10. The number of aromatic carboxylic acids is 1. The normalized spacial score (nSPS) is 11.3. The third-order valence-corrected chi connectivity index (χ3v) is 6.97. The lowest BCUT2D eigenvalue weighted by Gasteiger charge is -2.08. The van der Waals surface area contributed by atoms with Crippen molar-refractivity contribution in [3.8, 4) is 17.2 Å². The maximum atomic E-state index is 12.4. The van der Waals surface area contributed by atoms with E-state index >= 15 is 0 Å². The second kappa shape index (κ2) is 9.57. The van der Waals surface area contributed by atoms with Gasteiger partial charge in [0.1, 0.15) is 11.8 Å². The molecule has 166 valence electrons. The molecule has 0 saturated carbocycles. The summed E-state index contributed by atoms with van der Waals surface area (Å²) >= 11 is 5.80. The Bertz CT molecular complexity index is 1290. The van der Waals surface area contributed by atoms with Gasteiger partial charge in [0.15, 0.2) is 0 Å². The van der Waals surface area contributed by atoms with Crippen LogP contribution in [0, 0.1) is 11.3 Å². The van der Waals surface area contributed by atoms with Crippen molar-refractivity contribution in [2.24, 2.45) is 7.05 Å². The second-order valence-electron chi connectivity index (χ2n) is 7.17. The van der Waals surface area contributed by atoms with E-state index in [4.69, 9.17) is 11.6 Å². The summed E-state index contributed by atoms with van der Waals surface area (Å²) < 4.78 is 28.8. The van der Waals surface area contributed by atoms with Crippen molar-refractivity contribution < 1.29 is 18.3 Å². The van der Waals surface area contributed by atoms with Crippen LogP contribution < -0.4 is 4.72 Å². The molecule has 0 bridgehead atoms. The van der Waals surface area contributed by atoms with Gasteiger partial charge in [0.2, 0.25) is 10.0 Å². The quantitative estimate of drug-likeness (QED) is 0.515. The summed E-state index contributed by atoms with van der Waals surface area (Å²) in [6, 6.07) is 15.2. The Morgan fingerprint density at radius 3 is 2.31 bits per heavy atom. The summed E-state index contributed by atoms with van der Waals surface area (Å²) in [4.78, 5) is 12.0. The SMILES string of the molecule is CCc1c(C#N)c(-c2ccc(CCNS(=O)(=O)c3ccc(Cl)cc3)cc2)c(C(=O)O)n1C. The van der Waals surface area contributed by atoms with E-state index < -0.39 is 16.0 Å². The Balaban J connectivity index is 1.79. The number of nitrogens with one attached hydrogen (secondary N) is 1. The van der Waals surface area contributed by atoms with Crippen molar-refractivity contribution in [1.29, 1.82) is 5.26 Å². The predicted molar refractivity (Wildman–Crippen MR) is 122 cm³/mol. The van der Waals surface area contributed by atoms with Gasteiger partial charge in [-0.2, -0.15) is 5.26 Å². The van der Waals surface area contributed by atoms with Crippen LogP contribution in [0.2, 0.25) is 5.02 Å². The van der Waals surface area contributed by atoms with E-state index in [-0.39, 0.29) is 17.1 Å². The molecule has 0 aliphatic heterocycles. The predicted octanol–water partition coefficient (Wildman–Crippen LogP) is 4.00. The summed E-state index contributed by atoms with van der Waals surface area (Å²) in [6.45, 7) is 2.07. The summed E-state index contributed by atoms with van der Waals surface area (Å²) in [6.07, 6.45) is 0.977. The van der Waals surface area contributed by atoms with Gasteiger partial charge in [0.05, 0.1) is 10.5 Å². The maximum absolute atomic E-state index is 12.4. The van der Waals surface area contributed by atoms with E-state index in [2.05, 4.69) is 10.8 Å². The molecule has 0 spiro atoms. The molecule has 3 aromatic rings. The maximum Gasteiger partial charge on any atom is 0.353 e. The second-order valence-corrected chi connectivity index (χ2v) is 9.38. The number of rotatable bonds is 8. The van der Waals surface area contributed by atoms with Crippen LogP contribution in [0.5, 0.6) is 0 Å². The third kappa shape index (κ3) is 4.70. The van der Waals surface area contributed by atoms with Gasteiger partial charge in [-0.3, -0.25) is 0 Å². The van der Waals surface area contributed by atoms with Crippen LogP contribution >= 0.6 is 11.6 Å². The zero-order valence-electron chi connectivity index (χ0n) is 17.6. The molecule has 9 heteroatoms. The van der Waals surface area contributed by atoms with E-state index in [9.17, 15) is 23.6 Å². The number of hydrogen-bond donors (Lipinski definition) is 2. The number of carboxylic acid groups (broad SMARTS) is 1. The van der Waals surface area contributed by atoms with Crippen molar-refractivity contribution in [1.82, 2.24) is 9.29 Å². The molecule has 32 heavy (non-hydrogen) atoms. The van der Waals surface area contributed by atoms with Crippen molar-refractivity contribution in [2.75, 3.05) is 6.54 Å². The van der Waals surface area contributed by atoms with Crippen molar-refractivity contribution in [2.45, 2.75) is 24.7 Å². The van der Waals surface area contributed by atoms with Crippen molar-refractivity contribution in [3.63, 3.8) is 0 Å². The van der Waals surface area contributed by atoms with Gasteiger partial charge in [-0.05, 0) is 48.2 Å². The molecule has 0 aliphatic rings. The topological polar surface area (TPSA) is 112 Å². The first-order chi connectivity index (χ1) is 15.2. The van der Waals surface area contributed by atoms with Crippen LogP contribution in [0.3, 0.4) is 0 Å². The van der Waals surface area contributed by atoms with Crippen LogP contribution in [0.1, 0.15) is 34.2 Å². The van der Waals surface area contributed by atoms with E-state index in [1.54, 1.807) is 35.9 Å². The fourth-order valence-electron chi connectivity index (χ4n) is 3.66. The van der Waals surface area contributed by atoms with Crippen LogP contribution in [-0.4, -0.2) is 30.6 Å². The fraction of sp³-hybridized carbons (Fsp3) is 0.217. The number of sulfonamides is 1. The smallest absolute Gasteiger partial charge is 0.353 e. The largest absolute Gasteiger partial charge is 0.477 e. The zero-order chi connectivity index (χ0) is 23.5. The minimum absolute atomic E-state index is 0.0712. The van der Waals surface area contributed by atoms with Gasteiger partial charge in [0, 0.05) is 29.9 Å². The average Bonchev–Trinajstić information content (AvgIpc) is 3.06. The number of carbonyl (C=O) groups is 1. The van der Waals surface area contributed by atoms with E-state index in [0.717, 1.165) is 5.56 Å². The Hall–Kier alpha value is -3.12. The minimum Gasteiger partial charge on any atom is -0.477 e. The van der Waals surface area contributed by atoms with Gasteiger partial charge in [-0.15, -0.1) is 0 Å². The summed E-state index contributed by atoms with van der Waals surface area (Å²) in [5.41, 5.74) is 2.99.